The molecule has 0 bridgehead atoms. The highest BCUT2D eigenvalue weighted by atomic mass is 31.2. The average molecular weight is 311 g/mol. The quantitative estimate of drug-likeness (QED) is 0.519. The van der Waals surface area contributed by atoms with Gasteiger partial charge in [0.15, 0.2) is 0 Å². The fraction of sp³-hybridized carbons (Fsp3) is 0.818. The Bertz CT molecular complexity index is 383. The number of nitrogens with one attached hydrogen (secondary N) is 1. The molecule has 0 aliphatic heterocycles. The monoisotopic (exact) mass is 311 g/mol. The van der Waals surface area contributed by atoms with E-state index in [2.05, 4.69) is 19.1 Å². The van der Waals surface area contributed by atoms with E-state index in [0.29, 0.717) is 6.42 Å². The maximum Gasteiger partial charge on any atom is 0.472 e. The highest BCUT2D eigenvalue weighted by Crippen LogP contribution is 2.42. The lowest BCUT2D eigenvalue weighted by Gasteiger charge is -2.20. The fourth-order valence-electron chi connectivity index (χ4n) is 0.946. The highest BCUT2D eigenvalue weighted by Gasteiger charge is 2.27. The zero-order valence-corrected chi connectivity index (χ0v) is 13.1. The topological polar surface area (TPSA) is 111 Å². The first-order valence-electron chi connectivity index (χ1n) is 6.24. The molecule has 0 saturated heterocycles. The zero-order chi connectivity index (χ0) is 15.8. The standard InChI is InChI=1S/C11H22NO7P/c1-5-11(3,4)9(13)12-10(14)17-7-8-19-20(15,16)18-6-2/h5-8H2,1-4H3,(H,15,16)(H,12,13,14). The van der Waals surface area contributed by atoms with Crippen molar-refractivity contribution in [3.8, 4) is 0 Å². The molecular formula is C11H22NO7P. The van der Waals surface area contributed by atoms with Crippen molar-refractivity contribution in [2.24, 2.45) is 5.41 Å². The molecule has 0 aromatic carbocycles. The van der Waals surface area contributed by atoms with Crippen LogP contribution < -0.4 is 5.32 Å². The number of carbonyl (C=O) groups excluding carboxylic acids is 2. The van der Waals surface area contributed by atoms with Crippen LogP contribution in [0.1, 0.15) is 34.1 Å². The van der Waals surface area contributed by atoms with Gasteiger partial charge in [0.05, 0.1) is 13.2 Å². The minimum Gasteiger partial charge on any atom is -0.447 e. The maximum absolute atomic E-state index is 11.6. The Hall–Kier alpha value is -0.950. The van der Waals surface area contributed by atoms with Crippen molar-refractivity contribution in [2.75, 3.05) is 19.8 Å². The first-order chi connectivity index (χ1) is 9.14. The van der Waals surface area contributed by atoms with Gasteiger partial charge in [0.25, 0.3) is 0 Å². The Morgan fingerprint density at radius 3 is 2.30 bits per heavy atom. The maximum atomic E-state index is 11.6. The van der Waals surface area contributed by atoms with E-state index >= 15 is 0 Å². The van der Waals surface area contributed by atoms with Gasteiger partial charge in [-0.05, 0) is 13.3 Å². The molecule has 0 aliphatic rings. The summed E-state index contributed by atoms with van der Waals surface area (Å²) in [6.45, 7) is 6.19. The number of ether oxygens (including phenoxy) is 1. The Morgan fingerprint density at radius 1 is 1.20 bits per heavy atom. The third-order valence-corrected chi connectivity index (χ3v) is 3.67. The number of carbonyl (C=O) groups is 2. The number of alkyl carbamates (subject to hydrolysis) is 1. The lowest BCUT2D eigenvalue weighted by molar-refractivity contribution is -0.128. The van der Waals surface area contributed by atoms with Gasteiger partial charge in [0, 0.05) is 5.41 Å². The number of amides is 2. The first-order valence-corrected chi connectivity index (χ1v) is 7.74. The molecule has 118 valence electrons. The van der Waals surface area contributed by atoms with E-state index in [1.54, 1.807) is 13.8 Å². The van der Waals surface area contributed by atoms with Gasteiger partial charge in [0.1, 0.15) is 6.61 Å². The second-order valence-electron chi connectivity index (χ2n) is 4.55. The van der Waals surface area contributed by atoms with Crippen LogP contribution in [0.15, 0.2) is 0 Å². The summed E-state index contributed by atoms with van der Waals surface area (Å²) in [5.41, 5.74) is -0.675. The lowest BCUT2D eigenvalue weighted by Crippen LogP contribution is -2.40. The van der Waals surface area contributed by atoms with Crippen LogP contribution in [0.25, 0.3) is 0 Å². The van der Waals surface area contributed by atoms with Crippen molar-refractivity contribution >= 4 is 19.8 Å². The molecule has 1 atom stereocenters. The lowest BCUT2D eigenvalue weighted by atomic mass is 9.89. The molecule has 0 aromatic heterocycles. The molecule has 0 radical (unpaired) electrons. The predicted molar refractivity (Wildman–Crippen MR) is 71.0 cm³/mol. The normalized spacial score (nSPS) is 14.4. The van der Waals surface area contributed by atoms with Crippen molar-refractivity contribution in [2.45, 2.75) is 34.1 Å². The molecule has 0 saturated carbocycles. The number of rotatable bonds is 8. The predicted octanol–water partition coefficient (Wildman–Crippen LogP) is 1.83. The van der Waals surface area contributed by atoms with Crippen LogP contribution >= 0.6 is 7.82 Å². The minimum atomic E-state index is -4.09. The Kier molecular flexibility index (Phi) is 7.96. The Morgan fingerprint density at radius 2 is 1.80 bits per heavy atom. The largest absolute Gasteiger partial charge is 0.472 e. The van der Waals surface area contributed by atoms with Gasteiger partial charge in [-0.3, -0.25) is 19.2 Å². The number of hydrogen-bond donors (Lipinski definition) is 2. The van der Waals surface area contributed by atoms with Gasteiger partial charge in [-0.15, -0.1) is 0 Å². The minimum absolute atomic E-state index is 0.0235. The van der Waals surface area contributed by atoms with Crippen LogP contribution in [-0.2, 0) is 23.1 Å². The zero-order valence-electron chi connectivity index (χ0n) is 12.2. The summed E-state index contributed by atoms with van der Waals surface area (Å²) in [7, 11) is -4.09. The molecule has 0 fully saturated rings. The van der Waals surface area contributed by atoms with Crippen molar-refractivity contribution < 1.29 is 32.8 Å². The highest BCUT2D eigenvalue weighted by molar-refractivity contribution is 7.47. The molecule has 9 heteroatoms. The van der Waals surface area contributed by atoms with Crippen molar-refractivity contribution in [1.29, 1.82) is 0 Å². The third kappa shape index (κ3) is 7.59. The van der Waals surface area contributed by atoms with Crippen molar-refractivity contribution in [1.82, 2.24) is 5.32 Å². The van der Waals surface area contributed by atoms with Gasteiger partial charge in [-0.1, -0.05) is 20.8 Å². The first kappa shape index (κ1) is 19.1. The summed E-state index contributed by atoms with van der Waals surface area (Å²) in [4.78, 5) is 32.0. The van der Waals surface area contributed by atoms with Crippen LogP contribution in [0.3, 0.4) is 0 Å². The van der Waals surface area contributed by atoms with Crippen LogP contribution in [0.2, 0.25) is 0 Å². The molecule has 8 nitrogen and oxygen atoms in total. The molecule has 2 N–H and O–H groups in total. The van der Waals surface area contributed by atoms with E-state index in [4.69, 9.17) is 4.89 Å². The van der Waals surface area contributed by atoms with Gasteiger partial charge >= 0.3 is 13.9 Å². The number of imide groups is 1. The van der Waals surface area contributed by atoms with Gasteiger partial charge in [0.2, 0.25) is 5.91 Å². The average Bonchev–Trinajstić information content (AvgIpc) is 2.34. The van der Waals surface area contributed by atoms with Crippen LogP contribution in [0.4, 0.5) is 4.79 Å². The van der Waals surface area contributed by atoms with Crippen molar-refractivity contribution in [3.63, 3.8) is 0 Å². The molecule has 0 rings (SSSR count). The molecule has 20 heavy (non-hydrogen) atoms. The molecule has 0 heterocycles. The van der Waals surface area contributed by atoms with Crippen LogP contribution in [-0.4, -0.2) is 36.7 Å². The van der Waals surface area contributed by atoms with Crippen LogP contribution in [0.5, 0.6) is 0 Å². The summed E-state index contributed by atoms with van der Waals surface area (Å²) < 4.78 is 24.7. The Balaban J connectivity index is 3.96. The van der Waals surface area contributed by atoms with Gasteiger partial charge in [-0.25, -0.2) is 9.36 Å². The molecule has 0 aliphatic carbocycles. The van der Waals surface area contributed by atoms with E-state index in [0.717, 1.165) is 0 Å². The fourth-order valence-corrected chi connectivity index (χ4v) is 1.65. The van der Waals surface area contributed by atoms with E-state index < -0.39 is 25.2 Å². The molecular weight excluding hydrogens is 289 g/mol. The van der Waals surface area contributed by atoms with E-state index in [1.807, 2.05) is 6.92 Å². The summed E-state index contributed by atoms with van der Waals surface area (Å²) in [5, 5.41) is 2.08. The molecule has 1 unspecified atom stereocenters. The summed E-state index contributed by atoms with van der Waals surface area (Å²) in [5.74, 6) is -0.451. The second kappa shape index (κ2) is 8.36. The number of phosphoric ester groups is 1. The molecule has 0 aromatic rings. The number of hydrogen-bond acceptors (Lipinski definition) is 6. The van der Waals surface area contributed by atoms with Crippen molar-refractivity contribution in [3.05, 3.63) is 0 Å². The van der Waals surface area contributed by atoms with E-state index in [1.165, 1.54) is 6.92 Å². The number of phosphoric acid groups is 1. The third-order valence-electron chi connectivity index (χ3n) is 2.58. The van der Waals surface area contributed by atoms with Crippen LogP contribution in [0, 0.1) is 5.41 Å². The SMILES string of the molecule is CCOP(=O)(O)OCCOC(=O)NC(=O)C(C)(C)CC. The summed E-state index contributed by atoms with van der Waals surface area (Å²) >= 11 is 0. The van der Waals surface area contributed by atoms with E-state index in [9.17, 15) is 14.2 Å². The summed E-state index contributed by atoms with van der Waals surface area (Å²) in [6.07, 6.45) is -0.360. The summed E-state index contributed by atoms with van der Waals surface area (Å²) in [6, 6.07) is 0. The Labute approximate surface area is 118 Å². The molecule has 0 spiro atoms. The second-order valence-corrected chi connectivity index (χ2v) is 6.00. The van der Waals surface area contributed by atoms with E-state index in [-0.39, 0.29) is 19.8 Å². The van der Waals surface area contributed by atoms with Gasteiger partial charge in [-0.2, -0.15) is 0 Å². The smallest absolute Gasteiger partial charge is 0.447 e. The van der Waals surface area contributed by atoms with Gasteiger partial charge < -0.3 is 9.63 Å². The molecule has 2 amide bonds.